The second kappa shape index (κ2) is 5.61. The van der Waals surface area contributed by atoms with Crippen LogP contribution in [0.3, 0.4) is 0 Å². The lowest BCUT2D eigenvalue weighted by Crippen LogP contribution is -2.29. The van der Waals surface area contributed by atoms with Crippen molar-refractivity contribution in [1.82, 2.24) is 4.90 Å². The average Bonchev–Trinajstić information content (AvgIpc) is 3.12. The molecule has 0 saturated carbocycles. The Morgan fingerprint density at radius 3 is 2.90 bits per heavy atom. The van der Waals surface area contributed by atoms with Crippen molar-refractivity contribution in [2.45, 2.75) is 13.5 Å². The van der Waals surface area contributed by atoms with Crippen molar-refractivity contribution in [2.75, 3.05) is 12.3 Å². The first-order valence-corrected chi connectivity index (χ1v) is 7.66. The standard InChI is InChI=1S/C16H16N2O2S/c1-2-18(10-13-4-3-7-21-13)16(19)15-9-11-8-12(17)5-6-14(11)20-15/h3-9H,2,10,17H2,1H3. The number of nitrogen functional groups attached to an aromatic ring is 1. The third kappa shape index (κ3) is 2.78. The Labute approximate surface area is 126 Å². The van der Waals surface area contributed by atoms with E-state index in [2.05, 4.69) is 0 Å². The Morgan fingerprint density at radius 1 is 1.33 bits per heavy atom. The molecule has 0 saturated heterocycles. The lowest BCUT2D eigenvalue weighted by molar-refractivity contribution is 0.0724. The van der Waals surface area contributed by atoms with Gasteiger partial charge >= 0.3 is 0 Å². The summed E-state index contributed by atoms with van der Waals surface area (Å²) in [6.45, 7) is 3.20. The minimum atomic E-state index is -0.0966. The summed E-state index contributed by atoms with van der Waals surface area (Å²) in [4.78, 5) is 15.5. The van der Waals surface area contributed by atoms with Crippen LogP contribution in [0.1, 0.15) is 22.4 Å². The van der Waals surface area contributed by atoms with E-state index in [0.717, 1.165) is 10.3 Å². The van der Waals surface area contributed by atoms with Crippen LogP contribution in [0.15, 0.2) is 46.2 Å². The molecule has 2 N–H and O–H groups in total. The predicted octanol–water partition coefficient (Wildman–Crippen LogP) is 3.74. The summed E-state index contributed by atoms with van der Waals surface area (Å²) in [6.07, 6.45) is 0. The highest BCUT2D eigenvalue weighted by Gasteiger charge is 2.19. The number of fused-ring (bicyclic) bond motifs is 1. The van der Waals surface area contributed by atoms with E-state index in [1.807, 2.05) is 30.5 Å². The number of amides is 1. The van der Waals surface area contributed by atoms with E-state index >= 15 is 0 Å². The molecule has 0 spiro atoms. The highest BCUT2D eigenvalue weighted by molar-refractivity contribution is 7.09. The fourth-order valence-electron chi connectivity index (χ4n) is 2.24. The number of rotatable bonds is 4. The Balaban J connectivity index is 1.87. The zero-order valence-corrected chi connectivity index (χ0v) is 12.5. The minimum Gasteiger partial charge on any atom is -0.451 e. The molecule has 0 atom stereocenters. The number of hydrogen-bond donors (Lipinski definition) is 1. The van der Waals surface area contributed by atoms with E-state index in [1.165, 1.54) is 0 Å². The van der Waals surface area contributed by atoms with Crippen LogP contribution in [-0.4, -0.2) is 17.4 Å². The van der Waals surface area contributed by atoms with Crippen LogP contribution in [0, 0.1) is 0 Å². The molecule has 0 aliphatic carbocycles. The van der Waals surface area contributed by atoms with Gasteiger partial charge in [-0.1, -0.05) is 6.07 Å². The first-order valence-electron chi connectivity index (χ1n) is 6.78. The van der Waals surface area contributed by atoms with Crippen molar-refractivity contribution in [3.8, 4) is 0 Å². The summed E-state index contributed by atoms with van der Waals surface area (Å²) in [5, 5.41) is 2.86. The van der Waals surface area contributed by atoms with Crippen LogP contribution in [0.2, 0.25) is 0 Å². The Hall–Kier alpha value is -2.27. The zero-order valence-electron chi connectivity index (χ0n) is 11.7. The molecule has 0 aliphatic heterocycles. The number of carbonyl (C=O) groups excluding carboxylic acids is 1. The maximum absolute atomic E-state index is 12.6. The molecule has 21 heavy (non-hydrogen) atoms. The van der Waals surface area contributed by atoms with Gasteiger partial charge in [-0.3, -0.25) is 4.79 Å². The molecule has 2 aromatic heterocycles. The summed E-state index contributed by atoms with van der Waals surface area (Å²) < 4.78 is 5.64. The Morgan fingerprint density at radius 2 is 2.19 bits per heavy atom. The van der Waals surface area contributed by atoms with Gasteiger partial charge < -0.3 is 15.1 Å². The number of carbonyl (C=O) groups is 1. The maximum Gasteiger partial charge on any atom is 0.289 e. The van der Waals surface area contributed by atoms with Gasteiger partial charge in [-0.2, -0.15) is 0 Å². The van der Waals surface area contributed by atoms with E-state index in [0.29, 0.717) is 30.1 Å². The monoisotopic (exact) mass is 300 g/mol. The number of thiophene rings is 1. The largest absolute Gasteiger partial charge is 0.451 e. The molecule has 108 valence electrons. The van der Waals surface area contributed by atoms with Gasteiger partial charge in [-0.25, -0.2) is 0 Å². The van der Waals surface area contributed by atoms with E-state index in [1.54, 1.807) is 34.4 Å². The Bertz CT molecular complexity index is 762. The molecule has 2 heterocycles. The van der Waals surface area contributed by atoms with Gasteiger partial charge in [0.05, 0.1) is 6.54 Å². The second-order valence-electron chi connectivity index (χ2n) is 4.81. The number of anilines is 1. The van der Waals surface area contributed by atoms with Gasteiger partial charge in [-0.15, -0.1) is 11.3 Å². The molecular formula is C16H16N2O2S. The number of nitrogens with two attached hydrogens (primary N) is 1. The normalized spacial score (nSPS) is 10.9. The van der Waals surface area contributed by atoms with Crippen molar-refractivity contribution >= 4 is 33.9 Å². The van der Waals surface area contributed by atoms with Crippen LogP contribution in [0.4, 0.5) is 5.69 Å². The van der Waals surface area contributed by atoms with Crippen LogP contribution >= 0.6 is 11.3 Å². The first kappa shape index (κ1) is 13.7. The molecular weight excluding hydrogens is 284 g/mol. The van der Waals surface area contributed by atoms with Gasteiger partial charge in [0.15, 0.2) is 5.76 Å². The lowest BCUT2D eigenvalue weighted by Gasteiger charge is -2.18. The molecule has 0 radical (unpaired) electrons. The van der Waals surface area contributed by atoms with Crippen molar-refractivity contribution in [1.29, 1.82) is 0 Å². The van der Waals surface area contributed by atoms with Crippen molar-refractivity contribution in [2.24, 2.45) is 0 Å². The molecule has 3 aromatic rings. The number of furan rings is 1. The van der Waals surface area contributed by atoms with E-state index in [-0.39, 0.29) is 5.91 Å². The minimum absolute atomic E-state index is 0.0966. The molecule has 0 bridgehead atoms. The molecule has 0 fully saturated rings. The molecule has 5 heteroatoms. The molecule has 3 rings (SSSR count). The van der Waals surface area contributed by atoms with Gasteiger partial charge in [0.2, 0.25) is 0 Å². The summed E-state index contributed by atoms with van der Waals surface area (Å²) in [6, 6.07) is 11.1. The number of hydrogen-bond acceptors (Lipinski definition) is 4. The third-order valence-corrected chi connectivity index (χ3v) is 4.21. The zero-order chi connectivity index (χ0) is 14.8. The van der Waals surface area contributed by atoms with Gasteiger partial charge in [0.1, 0.15) is 5.58 Å². The molecule has 1 amide bonds. The fraction of sp³-hybridized carbons (Fsp3) is 0.188. The van der Waals surface area contributed by atoms with Crippen molar-refractivity contribution < 1.29 is 9.21 Å². The molecule has 4 nitrogen and oxygen atoms in total. The molecule has 1 aromatic carbocycles. The third-order valence-electron chi connectivity index (χ3n) is 3.35. The predicted molar refractivity (Wildman–Crippen MR) is 85.4 cm³/mol. The van der Waals surface area contributed by atoms with Gasteiger partial charge in [-0.05, 0) is 42.6 Å². The van der Waals surface area contributed by atoms with Crippen LogP contribution in [0.5, 0.6) is 0 Å². The van der Waals surface area contributed by atoms with Gasteiger partial charge in [0, 0.05) is 22.5 Å². The lowest BCUT2D eigenvalue weighted by atomic mass is 10.2. The van der Waals surface area contributed by atoms with Crippen molar-refractivity contribution in [3.63, 3.8) is 0 Å². The topological polar surface area (TPSA) is 59.5 Å². The fourth-order valence-corrected chi connectivity index (χ4v) is 2.96. The SMILES string of the molecule is CCN(Cc1cccs1)C(=O)c1cc2cc(N)ccc2o1. The summed E-state index contributed by atoms with van der Waals surface area (Å²) >= 11 is 1.65. The summed E-state index contributed by atoms with van der Waals surface area (Å²) in [5.74, 6) is 0.259. The van der Waals surface area contributed by atoms with Crippen LogP contribution in [-0.2, 0) is 6.54 Å². The van der Waals surface area contributed by atoms with Crippen LogP contribution in [0.25, 0.3) is 11.0 Å². The first-order chi connectivity index (χ1) is 10.2. The van der Waals surface area contributed by atoms with Crippen LogP contribution < -0.4 is 5.73 Å². The molecule has 0 aliphatic rings. The van der Waals surface area contributed by atoms with E-state index in [4.69, 9.17) is 10.2 Å². The maximum atomic E-state index is 12.6. The average molecular weight is 300 g/mol. The second-order valence-corrected chi connectivity index (χ2v) is 5.84. The van der Waals surface area contributed by atoms with E-state index < -0.39 is 0 Å². The van der Waals surface area contributed by atoms with E-state index in [9.17, 15) is 4.79 Å². The highest BCUT2D eigenvalue weighted by atomic mass is 32.1. The van der Waals surface area contributed by atoms with Crippen molar-refractivity contribution in [3.05, 3.63) is 52.4 Å². The van der Waals surface area contributed by atoms with Gasteiger partial charge in [0.25, 0.3) is 5.91 Å². The molecule has 0 unspecified atom stereocenters. The number of benzene rings is 1. The quantitative estimate of drug-likeness (QED) is 0.747. The highest BCUT2D eigenvalue weighted by Crippen LogP contribution is 2.23. The number of nitrogens with zero attached hydrogens (tertiary/aromatic N) is 1. The summed E-state index contributed by atoms with van der Waals surface area (Å²) in [7, 11) is 0. The summed E-state index contributed by atoms with van der Waals surface area (Å²) in [5.41, 5.74) is 7.09. The smallest absolute Gasteiger partial charge is 0.289 e. The Kier molecular flexibility index (Phi) is 3.66.